The van der Waals surface area contributed by atoms with Crippen molar-refractivity contribution in [2.75, 3.05) is 38.6 Å². The van der Waals surface area contributed by atoms with Crippen LogP contribution in [0.2, 0.25) is 0 Å². The second-order valence-corrected chi connectivity index (χ2v) is 7.53. The molecule has 26 heavy (non-hydrogen) atoms. The smallest absolute Gasteiger partial charge is 0.227 e. The van der Waals surface area contributed by atoms with Gasteiger partial charge < -0.3 is 19.7 Å². The van der Waals surface area contributed by atoms with Gasteiger partial charge in [-0.15, -0.1) is 0 Å². The third-order valence-corrected chi connectivity index (χ3v) is 5.62. The molecular formula is C18H24N6O2. The zero-order chi connectivity index (χ0) is 18.6. The van der Waals surface area contributed by atoms with E-state index in [0.29, 0.717) is 13.0 Å². The zero-order valence-corrected chi connectivity index (χ0v) is 15.6. The molecule has 8 heteroatoms. The van der Waals surface area contributed by atoms with Crippen molar-refractivity contribution in [2.45, 2.75) is 26.3 Å². The number of amides is 2. The van der Waals surface area contributed by atoms with Gasteiger partial charge in [0.05, 0.1) is 17.3 Å². The number of H-pyrrole nitrogens is 1. The van der Waals surface area contributed by atoms with Crippen molar-refractivity contribution in [3.8, 4) is 0 Å². The number of aromatic amines is 1. The van der Waals surface area contributed by atoms with Gasteiger partial charge in [0.15, 0.2) is 0 Å². The summed E-state index contributed by atoms with van der Waals surface area (Å²) >= 11 is 0. The summed E-state index contributed by atoms with van der Waals surface area (Å²) in [6.45, 7) is 6.11. The molecule has 4 heterocycles. The van der Waals surface area contributed by atoms with Gasteiger partial charge in [-0.2, -0.15) is 0 Å². The Morgan fingerprint density at radius 1 is 1.23 bits per heavy atom. The van der Waals surface area contributed by atoms with E-state index in [0.717, 1.165) is 41.2 Å². The maximum atomic E-state index is 12.4. The first-order chi connectivity index (χ1) is 12.4. The van der Waals surface area contributed by atoms with E-state index >= 15 is 0 Å². The molecule has 0 bridgehead atoms. The molecular weight excluding hydrogens is 332 g/mol. The summed E-state index contributed by atoms with van der Waals surface area (Å²) in [4.78, 5) is 42.2. The lowest BCUT2D eigenvalue weighted by Crippen LogP contribution is -2.60. The van der Waals surface area contributed by atoms with Crippen LogP contribution in [0.25, 0.3) is 11.0 Å². The van der Waals surface area contributed by atoms with Crippen molar-refractivity contribution in [2.24, 2.45) is 5.92 Å². The molecule has 0 aromatic carbocycles. The van der Waals surface area contributed by atoms with Crippen molar-refractivity contribution in [1.29, 1.82) is 0 Å². The number of hydrogen-bond donors (Lipinski definition) is 1. The number of aryl methyl sites for hydroxylation is 2. The summed E-state index contributed by atoms with van der Waals surface area (Å²) in [6.07, 6.45) is 1.90. The van der Waals surface area contributed by atoms with E-state index in [-0.39, 0.29) is 23.8 Å². The Kier molecular flexibility index (Phi) is 3.86. The first-order valence-electron chi connectivity index (χ1n) is 8.92. The molecule has 2 amide bonds. The zero-order valence-electron chi connectivity index (χ0n) is 15.6. The molecule has 138 valence electrons. The van der Waals surface area contributed by atoms with Gasteiger partial charge in [-0.3, -0.25) is 9.59 Å². The number of aromatic nitrogens is 3. The van der Waals surface area contributed by atoms with E-state index < -0.39 is 0 Å². The minimum atomic E-state index is -0.216. The monoisotopic (exact) mass is 356 g/mol. The number of nitrogens with one attached hydrogen (secondary N) is 1. The van der Waals surface area contributed by atoms with E-state index in [1.165, 1.54) is 0 Å². The van der Waals surface area contributed by atoms with Crippen LogP contribution in [-0.2, 0) is 9.59 Å². The summed E-state index contributed by atoms with van der Waals surface area (Å²) in [5.41, 5.74) is 3.11. The number of rotatable bonds is 3. The lowest BCUT2D eigenvalue weighted by Gasteiger charge is -2.45. The van der Waals surface area contributed by atoms with E-state index in [9.17, 15) is 9.59 Å². The van der Waals surface area contributed by atoms with Gasteiger partial charge >= 0.3 is 0 Å². The molecule has 2 aromatic rings. The van der Waals surface area contributed by atoms with Gasteiger partial charge in [0.2, 0.25) is 11.8 Å². The van der Waals surface area contributed by atoms with Crippen molar-refractivity contribution >= 4 is 28.7 Å². The minimum Gasteiger partial charge on any atom is -0.352 e. The molecule has 2 saturated heterocycles. The van der Waals surface area contributed by atoms with E-state index in [1.807, 2.05) is 11.8 Å². The highest BCUT2D eigenvalue weighted by molar-refractivity contribution is 5.92. The van der Waals surface area contributed by atoms with E-state index in [1.54, 1.807) is 25.3 Å². The van der Waals surface area contributed by atoms with Crippen LogP contribution in [0.15, 0.2) is 6.33 Å². The van der Waals surface area contributed by atoms with Crippen LogP contribution < -0.4 is 4.90 Å². The quantitative estimate of drug-likeness (QED) is 0.875. The molecule has 2 aliphatic rings. The predicted octanol–water partition coefficient (Wildman–Crippen LogP) is 0.700. The molecule has 2 aliphatic heterocycles. The van der Waals surface area contributed by atoms with Crippen molar-refractivity contribution in [1.82, 2.24) is 24.8 Å². The Bertz CT molecular complexity index is 883. The average molecular weight is 356 g/mol. The Morgan fingerprint density at radius 2 is 1.96 bits per heavy atom. The number of nitrogens with zero attached hydrogens (tertiary/aromatic N) is 5. The third kappa shape index (κ3) is 2.51. The molecule has 1 atom stereocenters. The summed E-state index contributed by atoms with van der Waals surface area (Å²) in [5, 5.41) is 1.05. The number of carbonyl (C=O) groups is 2. The number of hydrogen-bond acceptors (Lipinski definition) is 5. The molecule has 2 aromatic heterocycles. The average Bonchev–Trinajstić information content (AvgIpc) is 3.07. The second-order valence-electron chi connectivity index (χ2n) is 7.53. The summed E-state index contributed by atoms with van der Waals surface area (Å²) in [6, 6.07) is 0.146. The van der Waals surface area contributed by atoms with Gasteiger partial charge in [-0.25, -0.2) is 9.97 Å². The molecule has 2 fully saturated rings. The van der Waals surface area contributed by atoms with Gasteiger partial charge in [0.1, 0.15) is 17.8 Å². The lowest BCUT2D eigenvalue weighted by molar-refractivity contribution is -0.133. The van der Waals surface area contributed by atoms with Gasteiger partial charge in [0, 0.05) is 45.8 Å². The first-order valence-corrected chi connectivity index (χ1v) is 8.92. The van der Waals surface area contributed by atoms with Crippen LogP contribution in [0, 0.1) is 19.8 Å². The fourth-order valence-electron chi connectivity index (χ4n) is 3.96. The normalized spacial score (nSPS) is 20.8. The van der Waals surface area contributed by atoms with Crippen LogP contribution in [-0.4, -0.2) is 76.3 Å². The largest absolute Gasteiger partial charge is 0.352 e. The fraction of sp³-hybridized carbons (Fsp3) is 0.556. The van der Waals surface area contributed by atoms with Crippen LogP contribution in [0.1, 0.15) is 17.7 Å². The highest BCUT2D eigenvalue weighted by Crippen LogP contribution is 2.33. The van der Waals surface area contributed by atoms with Crippen LogP contribution >= 0.6 is 0 Å². The molecule has 0 saturated carbocycles. The van der Waals surface area contributed by atoms with Crippen LogP contribution in [0.5, 0.6) is 0 Å². The van der Waals surface area contributed by atoms with E-state index in [2.05, 4.69) is 26.8 Å². The molecule has 1 N–H and O–H groups in total. The van der Waals surface area contributed by atoms with E-state index in [4.69, 9.17) is 0 Å². The van der Waals surface area contributed by atoms with Crippen LogP contribution in [0.3, 0.4) is 0 Å². The van der Waals surface area contributed by atoms with Crippen molar-refractivity contribution < 1.29 is 9.59 Å². The number of anilines is 1. The van der Waals surface area contributed by atoms with Gasteiger partial charge in [-0.05, 0) is 19.4 Å². The Morgan fingerprint density at radius 3 is 2.65 bits per heavy atom. The molecule has 0 radical (unpaired) electrons. The minimum absolute atomic E-state index is 0.0351. The maximum absolute atomic E-state index is 12.4. The number of fused-ring (bicyclic) bond motifs is 1. The van der Waals surface area contributed by atoms with Crippen LogP contribution in [0.4, 0.5) is 5.82 Å². The molecule has 0 aliphatic carbocycles. The molecule has 1 unspecified atom stereocenters. The first kappa shape index (κ1) is 16.8. The topological polar surface area (TPSA) is 85.4 Å². The highest BCUT2D eigenvalue weighted by atomic mass is 16.2. The molecule has 4 rings (SSSR count). The lowest BCUT2D eigenvalue weighted by atomic mass is 10.1. The highest BCUT2D eigenvalue weighted by Gasteiger charge is 2.43. The second kappa shape index (κ2) is 5.96. The number of carbonyl (C=O) groups excluding carboxylic acids is 2. The summed E-state index contributed by atoms with van der Waals surface area (Å²) in [5.74, 6) is 0.817. The SMILES string of the molecule is Cc1[nH]c2ncnc(N3CC(N4CC(C(=O)N(C)C)CC4=O)C3)c2c1C. The van der Waals surface area contributed by atoms with Gasteiger partial charge in [0.25, 0.3) is 0 Å². The number of likely N-dealkylation sites (tertiary alicyclic amines) is 1. The molecule has 8 nitrogen and oxygen atoms in total. The third-order valence-electron chi connectivity index (χ3n) is 5.62. The molecule has 0 spiro atoms. The Balaban J connectivity index is 1.48. The summed E-state index contributed by atoms with van der Waals surface area (Å²) in [7, 11) is 3.48. The fourth-order valence-corrected chi connectivity index (χ4v) is 3.96. The Hall–Kier alpha value is -2.64. The van der Waals surface area contributed by atoms with Crippen molar-refractivity contribution in [3.63, 3.8) is 0 Å². The van der Waals surface area contributed by atoms with Crippen molar-refractivity contribution in [3.05, 3.63) is 17.6 Å². The predicted molar refractivity (Wildman–Crippen MR) is 97.9 cm³/mol. The maximum Gasteiger partial charge on any atom is 0.227 e. The summed E-state index contributed by atoms with van der Waals surface area (Å²) < 4.78 is 0. The Labute approximate surface area is 152 Å². The van der Waals surface area contributed by atoms with Gasteiger partial charge in [-0.1, -0.05) is 0 Å². The standard InChI is InChI=1S/C18H24N6O2/c1-10-11(2)21-16-15(10)17(20-9-19-16)23-7-13(8-23)24-6-12(5-14(24)25)18(26)22(3)4/h9,12-13H,5-8H2,1-4H3,(H,19,20,21).